The maximum atomic E-state index is 10.7. The average Bonchev–Trinajstić information content (AvgIpc) is 3.07. The molecule has 2 aliphatic rings. The minimum atomic E-state index is -0.494. The number of hydrogen-bond donors (Lipinski definition) is 1. The summed E-state index contributed by atoms with van der Waals surface area (Å²) in [7, 11) is 0. The van der Waals surface area contributed by atoms with Crippen LogP contribution in [0.1, 0.15) is 76.4 Å². The Morgan fingerprint density at radius 2 is 2.10 bits per heavy atom. The summed E-state index contributed by atoms with van der Waals surface area (Å²) in [5, 5.41) is 15.5. The normalized spacial score (nSPS) is 31.8. The van der Waals surface area contributed by atoms with Gasteiger partial charge in [-0.1, -0.05) is 32.6 Å². The maximum Gasteiger partial charge on any atom is 0.0706 e. The first-order chi connectivity index (χ1) is 9.68. The third-order valence-corrected chi connectivity index (χ3v) is 5.39. The zero-order valence-corrected chi connectivity index (χ0v) is 12.7. The van der Waals surface area contributed by atoms with E-state index in [0.29, 0.717) is 12.0 Å². The van der Waals surface area contributed by atoms with E-state index in [0.717, 1.165) is 25.0 Å². The van der Waals surface area contributed by atoms with Crippen LogP contribution in [0.4, 0.5) is 0 Å². The highest BCUT2D eigenvalue weighted by atomic mass is 16.3. The summed E-state index contributed by atoms with van der Waals surface area (Å²) in [6.07, 6.45) is 13.7. The van der Waals surface area contributed by atoms with E-state index in [9.17, 15) is 5.11 Å². The van der Waals surface area contributed by atoms with Gasteiger partial charge in [0.05, 0.1) is 17.3 Å². The van der Waals surface area contributed by atoms with Crippen LogP contribution in [0.3, 0.4) is 0 Å². The van der Waals surface area contributed by atoms with Gasteiger partial charge >= 0.3 is 0 Å². The number of aromatic nitrogens is 2. The molecule has 2 saturated carbocycles. The summed E-state index contributed by atoms with van der Waals surface area (Å²) in [6.45, 7) is 2.23. The van der Waals surface area contributed by atoms with Gasteiger partial charge in [-0.15, -0.1) is 0 Å². The first-order valence-electron chi connectivity index (χ1n) is 8.45. The Morgan fingerprint density at radius 3 is 2.80 bits per heavy atom. The van der Waals surface area contributed by atoms with E-state index in [1.54, 1.807) is 0 Å². The highest BCUT2D eigenvalue weighted by molar-refractivity contribution is 5.06. The van der Waals surface area contributed by atoms with Crippen LogP contribution in [0, 0.1) is 5.92 Å². The second kappa shape index (κ2) is 5.88. The van der Waals surface area contributed by atoms with Crippen LogP contribution in [-0.2, 0) is 6.42 Å². The van der Waals surface area contributed by atoms with Gasteiger partial charge in [-0.25, -0.2) is 0 Å². The Labute approximate surface area is 122 Å². The lowest BCUT2D eigenvalue weighted by Crippen LogP contribution is -2.28. The monoisotopic (exact) mass is 276 g/mol. The van der Waals surface area contributed by atoms with Gasteiger partial charge < -0.3 is 5.11 Å². The summed E-state index contributed by atoms with van der Waals surface area (Å²) in [5.41, 5.74) is 0.585. The fourth-order valence-corrected chi connectivity index (χ4v) is 4.08. The van der Waals surface area contributed by atoms with E-state index in [1.807, 2.05) is 0 Å². The Bertz CT molecular complexity index is 436. The molecule has 1 aromatic rings. The van der Waals surface area contributed by atoms with Gasteiger partial charge in [0.25, 0.3) is 0 Å². The van der Waals surface area contributed by atoms with E-state index in [2.05, 4.69) is 23.9 Å². The van der Waals surface area contributed by atoms with Gasteiger partial charge in [0.2, 0.25) is 0 Å². The molecule has 0 aliphatic heterocycles. The van der Waals surface area contributed by atoms with Crippen LogP contribution < -0.4 is 0 Å². The van der Waals surface area contributed by atoms with Crippen LogP contribution in [-0.4, -0.2) is 20.5 Å². The first-order valence-corrected chi connectivity index (χ1v) is 8.45. The van der Waals surface area contributed by atoms with Crippen molar-refractivity contribution in [3.8, 4) is 0 Å². The van der Waals surface area contributed by atoms with Gasteiger partial charge in [0.1, 0.15) is 0 Å². The lowest BCUT2D eigenvalue weighted by atomic mass is 9.94. The standard InChI is InChI=1S/C17H28N2O/c1-2-14-8-10-17(20,12-14)13-15-9-11-19(18-15)16-6-4-3-5-7-16/h9,11,14,16,20H,2-8,10,12-13H2,1H3. The van der Waals surface area contributed by atoms with Crippen LogP contribution in [0.15, 0.2) is 12.3 Å². The van der Waals surface area contributed by atoms with Crippen LogP contribution in [0.25, 0.3) is 0 Å². The SMILES string of the molecule is CCC1CCC(O)(Cc2ccn(C3CCCCC3)n2)C1. The van der Waals surface area contributed by atoms with Crippen molar-refractivity contribution >= 4 is 0 Å². The van der Waals surface area contributed by atoms with Crippen molar-refractivity contribution in [3.63, 3.8) is 0 Å². The highest BCUT2D eigenvalue weighted by Crippen LogP contribution is 2.38. The molecule has 1 heterocycles. The fraction of sp³-hybridized carbons (Fsp3) is 0.824. The lowest BCUT2D eigenvalue weighted by molar-refractivity contribution is 0.0425. The van der Waals surface area contributed by atoms with Crippen molar-refractivity contribution < 1.29 is 5.11 Å². The minimum absolute atomic E-state index is 0.494. The average molecular weight is 276 g/mol. The van der Waals surface area contributed by atoms with Crippen molar-refractivity contribution in [2.75, 3.05) is 0 Å². The molecule has 2 atom stereocenters. The van der Waals surface area contributed by atoms with Crippen LogP contribution >= 0.6 is 0 Å². The summed E-state index contributed by atoms with van der Waals surface area (Å²) in [6, 6.07) is 2.71. The third kappa shape index (κ3) is 3.08. The van der Waals surface area contributed by atoms with E-state index >= 15 is 0 Å². The maximum absolute atomic E-state index is 10.7. The molecule has 20 heavy (non-hydrogen) atoms. The molecule has 0 aromatic carbocycles. The number of nitrogens with zero attached hydrogens (tertiary/aromatic N) is 2. The predicted molar refractivity (Wildman–Crippen MR) is 80.6 cm³/mol. The summed E-state index contributed by atoms with van der Waals surface area (Å²) >= 11 is 0. The number of rotatable bonds is 4. The highest BCUT2D eigenvalue weighted by Gasteiger charge is 2.37. The molecule has 0 amide bonds. The predicted octanol–water partition coefficient (Wildman–Crippen LogP) is 3.87. The van der Waals surface area contributed by atoms with Crippen molar-refractivity contribution in [2.24, 2.45) is 5.92 Å². The minimum Gasteiger partial charge on any atom is -0.389 e. The smallest absolute Gasteiger partial charge is 0.0706 e. The summed E-state index contributed by atoms with van der Waals surface area (Å²) < 4.78 is 2.16. The molecule has 112 valence electrons. The first kappa shape index (κ1) is 14.1. The largest absolute Gasteiger partial charge is 0.389 e. The molecule has 1 aromatic heterocycles. The molecule has 2 unspecified atom stereocenters. The van der Waals surface area contributed by atoms with Gasteiger partial charge in [0.15, 0.2) is 0 Å². The van der Waals surface area contributed by atoms with Crippen LogP contribution in [0.5, 0.6) is 0 Å². The summed E-state index contributed by atoms with van der Waals surface area (Å²) in [5.74, 6) is 0.709. The molecule has 2 fully saturated rings. The molecule has 3 nitrogen and oxygen atoms in total. The van der Waals surface area contributed by atoms with Crippen molar-refractivity contribution in [2.45, 2.75) is 82.8 Å². The molecule has 0 radical (unpaired) electrons. The number of hydrogen-bond acceptors (Lipinski definition) is 2. The molecule has 0 saturated heterocycles. The van der Waals surface area contributed by atoms with E-state index in [-0.39, 0.29) is 0 Å². The van der Waals surface area contributed by atoms with Gasteiger partial charge in [0, 0.05) is 12.6 Å². The van der Waals surface area contributed by atoms with Crippen molar-refractivity contribution in [1.82, 2.24) is 9.78 Å². The fourth-order valence-electron chi connectivity index (χ4n) is 4.08. The van der Waals surface area contributed by atoms with Crippen LogP contribution in [0.2, 0.25) is 0 Å². The molecule has 1 N–H and O–H groups in total. The van der Waals surface area contributed by atoms with Crippen molar-refractivity contribution in [1.29, 1.82) is 0 Å². The molecule has 0 spiro atoms. The molecule has 3 rings (SSSR count). The molecule has 0 bridgehead atoms. The second-order valence-electron chi connectivity index (χ2n) is 7.00. The molecule has 3 heteroatoms. The summed E-state index contributed by atoms with van der Waals surface area (Å²) in [4.78, 5) is 0. The quantitative estimate of drug-likeness (QED) is 0.906. The van der Waals surface area contributed by atoms with E-state index in [1.165, 1.54) is 44.9 Å². The third-order valence-electron chi connectivity index (χ3n) is 5.39. The Kier molecular flexibility index (Phi) is 4.16. The molecular weight excluding hydrogens is 248 g/mol. The van der Waals surface area contributed by atoms with Gasteiger partial charge in [-0.3, -0.25) is 4.68 Å². The Morgan fingerprint density at radius 1 is 1.30 bits per heavy atom. The van der Waals surface area contributed by atoms with Gasteiger partial charge in [-0.2, -0.15) is 5.10 Å². The molecule has 2 aliphatic carbocycles. The zero-order valence-electron chi connectivity index (χ0n) is 12.7. The topological polar surface area (TPSA) is 38.0 Å². The number of aliphatic hydroxyl groups is 1. The lowest BCUT2D eigenvalue weighted by Gasteiger charge is -2.23. The Balaban J connectivity index is 1.62. The second-order valence-corrected chi connectivity index (χ2v) is 7.00. The Hall–Kier alpha value is -0.830. The van der Waals surface area contributed by atoms with Crippen molar-refractivity contribution in [3.05, 3.63) is 18.0 Å². The molecular formula is C17H28N2O. The van der Waals surface area contributed by atoms with E-state index in [4.69, 9.17) is 5.10 Å². The van der Waals surface area contributed by atoms with E-state index < -0.39 is 5.60 Å². The van der Waals surface area contributed by atoms with Gasteiger partial charge in [-0.05, 0) is 44.1 Å². The zero-order chi connectivity index (χ0) is 14.0.